The lowest BCUT2D eigenvalue weighted by molar-refractivity contribution is -0.903. The molecule has 120 valence electrons. The highest BCUT2D eigenvalue weighted by Crippen LogP contribution is 2.23. The minimum atomic E-state index is -0.416. The molecule has 0 aromatic heterocycles. The summed E-state index contributed by atoms with van der Waals surface area (Å²) in [5.41, 5.74) is 0. The number of benzene rings is 1. The van der Waals surface area contributed by atoms with Crippen LogP contribution in [0.2, 0.25) is 0 Å². The third-order valence-corrected chi connectivity index (χ3v) is 4.22. The number of nitrogens with one attached hydrogen (secondary N) is 1. The van der Waals surface area contributed by atoms with Gasteiger partial charge in [0.15, 0.2) is 0 Å². The fourth-order valence-electron chi connectivity index (χ4n) is 2.32. The predicted octanol–water partition coefficient (Wildman–Crippen LogP) is 2.67. The number of aliphatic hydroxyl groups excluding tert-OH is 1. The van der Waals surface area contributed by atoms with Crippen LogP contribution >= 0.6 is 15.9 Å². The zero-order chi connectivity index (χ0) is 15.5. The third kappa shape index (κ3) is 7.84. The fraction of sp³-hybridized carbons (Fsp3) is 0.647. The van der Waals surface area contributed by atoms with Gasteiger partial charge in [-0.2, -0.15) is 0 Å². The number of unbranched alkanes of at least 4 members (excludes halogenated alkanes) is 2. The number of ether oxygens (including phenoxy) is 1. The summed E-state index contributed by atoms with van der Waals surface area (Å²) in [6, 6.07) is 7.75. The first-order valence-electron chi connectivity index (χ1n) is 8.06. The molecular formula is C17H29BrNO2+. The van der Waals surface area contributed by atoms with Crippen LogP contribution in [0.25, 0.3) is 0 Å². The van der Waals surface area contributed by atoms with Gasteiger partial charge in [0.05, 0.1) is 17.6 Å². The Morgan fingerprint density at radius 3 is 2.33 bits per heavy atom. The molecule has 0 unspecified atom stereocenters. The van der Waals surface area contributed by atoms with E-state index in [2.05, 4.69) is 29.8 Å². The number of hydrogen-bond donors (Lipinski definition) is 2. The number of rotatable bonds is 11. The Labute approximate surface area is 137 Å². The van der Waals surface area contributed by atoms with E-state index in [0.29, 0.717) is 6.61 Å². The van der Waals surface area contributed by atoms with Crippen LogP contribution in [0.3, 0.4) is 0 Å². The lowest BCUT2D eigenvalue weighted by atomic mass is 10.2. The summed E-state index contributed by atoms with van der Waals surface area (Å²) in [4.78, 5) is 1.49. The van der Waals surface area contributed by atoms with Crippen molar-refractivity contribution in [1.29, 1.82) is 0 Å². The monoisotopic (exact) mass is 358 g/mol. The zero-order valence-corrected chi connectivity index (χ0v) is 14.9. The third-order valence-electron chi connectivity index (χ3n) is 3.56. The van der Waals surface area contributed by atoms with Crippen molar-refractivity contribution < 1.29 is 14.7 Å². The number of aliphatic hydroxyl groups is 1. The van der Waals surface area contributed by atoms with Crippen LogP contribution in [0, 0.1) is 0 Å². The molecule has 1 aromatic carbocycles. The van der Waals surface area contributed by atoms with Gasteiger partial charge in [-0.1, -0.05) is 38.8 Å². The van der Waals surface area contributed by atoms with Crippen molar-refractivity contribution in [2.24, 2.45) is 0 Å². The summed E-state index contributed by atoms with van der Waals surface area (Å²) in [5, 5.41) is 10.2. The summed E-state index contributed by atoms with van der Waals surface area (Å²) in [5.74, 6) is 0.792. The molecule has 0 aliphatic rings. The van der Waals surface area contributed by atoms with E-state index in [-0.39, 0.29) is 0 Å². The number of quaternary nitrogens is 1. The van der Waals surface area contributed by atoms with Crippen molar-refractivity contribution in [2.75, 3.05) is 26.2 Å². The van der Waals surface area contributed by atoms with Crippen molar-refractivity contribution >= 4 is 15.9 Å². The van der Waals surface area contributed by atoms with Crippen molar-refractivity contribution in [3.63, 3.8) is 0 Å². The van der Waals surface area contributed by atoms with Crippen LogP contribution in [0.1, 0.15) is 39.5 Å². The SMILES string of the molecule is CCCC[NH+](CCCC)C[C@@H](O)COc1ccccc1Br. The molecule has 1 aromatic rings. The Morgan fingerprint density at radius 1 is 1.14 bits per heavy atom. The van der Waals surface area contributed by atoms with Gasteiger partial charge in [0, 0.05) is 0 Å². The van der Waals surface area contributed by atoms with E-state index in [1.807, 2.05) is 24.3 Å². The zero-order valence-electron chi connectivity index (χ0n) is 13.3. The van der Waals surface area contributed by atoms with Gasteiger partial charge in [-0.05, 0) is 40.9 Å². The maximum Gasteiger partial charge on any atom is 0.137 e. The molecule has 2 N–H and O–H groups in total. The van der Waals surface area contributed by atoms with Gasteiger partial charge >= 0.3 is 0 Å². The molecule has 0 amide bonds. The number of para-hydroxylation sites is 1. The molecule has 0 saturated carbocycles. The van der Waals surface area contributed by atoms with E-state index in [0.717, 1.165) is 29.9 Å². The van der Waals surface area contributed by atoms with Gasteiger partial charge in [0.2, 0.25) is 0 Å². The lowest BCUT2D eigenvalue weighted by Crippen LogP contribution is -3.13. The maximum atomic E-state index is 10.2. The van der Waals surface area contributed by atoms with E-state index in [1.54, 1.807) is 0 Å². The van der Waals surface area contributed by atoms with Gasteiger partial charge in [-0.3, -0.25) is 0 Å². The van der Waals surface area contributed by atoms with Crippen LogP contribution in [-0.4, -0.2) is 37.5 Å². The predicted molar refractivity (Wildman–Crippen MR) is 91.0 cm³/mol. The molecule has 0 radical (unpaired) electrons. The molecule has 0 saturated heterocycles. The molecule has 21 heavy (non-hydrogen) atoms. The Hall–Kier alpha value is -0.580. The minimum absolute atomic E-state index is 0.352. The van der Waals surface area contributed by atoms with Gasteiger partial charge in [0.25, 0.3) is 0 Å². The highest BCUT2D eigenvalue weighted by Gasteiger charge is 2.15. The first-order chi connectivity index (χ1) is 10.2. The van der Waals surface area contributed by atoms with Crippen molar-refractivity contribution in [2.45, 2.75) is 45.6 Å². The van der Waals surface area contributed by atoms with E-state index < -0.39 is 6.10 Å². The summed E-state index contributed by atoms with van der Waals surface area (Å²) in [7, 11) is 0. The highest BCUT2D eigenvalue weighted by atomic mass is 79.9. The van der Waals surface area contributed by atoms with Crippen molar-refractivity contribution in [1.82, 2.24) is 0 Å². The molecule has 3 nitrogen and oxygen atoms in total. The van der Waals surface area contributed by atoms with Gasteiger partial charge < -0.3 is 14.7 Å². The van der Waals surface area contributed by atoms with Crippen LogP contribution in [-0.2, 0) is 0 Å². The Morgan fingerprint density at radius 2 is 1.76 bits per heavy atom. The highest BCUT2D eigenvalue weighted by molar-refractivity contribution is 9.10. The summed E-state index contributed by atoms with van der Waals surface area (Å²) in [6.07, 6.45) is 4.44. The number of halogens is 1. The molecule has 4 heteroatoms. The molecule has 1 atom stereocenters. The van der Waals surface area contributed by atoms with E-state index in [4.69, 9.17) is 4.74 Å². The lowest BCUT2D eigenvalue weighted by Gasteiger charge is -2.22. The van der Waals surface area contributed by atoms with Crippen LogP contribution in [0.15, 0.2) is 28.7 Å². The first-order valence-corrected chi connectivity index (χ1v) is 8.85. The van der Waals surface area contributed by atoms with Gasteiger partial charge in [-0.15, -0.1) is 0 Å². The summed E-state index contributed by atoms with van der Waals surface area (Å²) in [6.45, 7) is 7.83. The van der Waals surface area contributed by atoms with Gasteiger partial charge in [-0.25, -0.2) is 0 Å². The Kier molecular flexibility index (Phi) is 9.72. The average molecular weight is 359 g/mol. The van der Waals surface area contributed by atoms with Crippen LogP contribution < -0.4 is 9.64 Å². The molecule has 0 spiro atoms. The average Bonchev–Trinajstić information content (AvgIpc) is 2.49. The second-order valence-corrected chi connectivity index (χ2v) is 6.41. The van der Waals surface area contributed by atoms with Crippen LogP contribution in [0.5, 0.6) is 5.75 Å². The second kappa shape index (κ2) is 11.0. The largest absolute Gasteiger partial charge is 0.489 e. The fourth-order valence-corrected chi connectivity index (χ4v) is 2.72. The molecule has 0 heterocycles. The maximum absolute atomic E-state index is 10.2. The number of hydrogen-bond acceptors (Lipinski definition) is 2. The normalized spacial score (nSPS) is 12.6. The molecular weight excluding hydrogens is 330 g/mol. The Balaban J connectivity index is 2.38. The molecule has 0 bridgehead atoms. The smallest absolute Gasteiger partial charge is 0.137 e. The van der Waals surface area contributed by atoms with E-state index in [1.165, 1.54) is 30.6 Å². The topological polar surface area (TPSA) is 33.9 Å². The summed E-state index contributed by atoms with van der Waals surface area (Å²) < 4.78 is 6.63. The quantitative estimate of drug-likeness (QED) is 0.637. The first kappa shape index (κ1) is 18.5. The summed E-state index contributed by atoms with van der Waals surface area (Å²) >= 11 is 3.45. The molecule has 1 rings (SSSR count). The van der Waals surface area contributed by atoms with E-state index >= 15 is 0 Å². The molecule has 0 fully saturated rings. The molecule has 0 aliphatic carbocycles. The van der Waals surface area contributed by atoms with E-state index in [9.17, 15) is 5.11 Å². The molecule has 0 aliphatic heterocycles. The van der Waals surface area contributed by atoms with Crippen molar-refractivity contribution in [3.8, 4) is 5.75 Å². The van der Waals surface area contributed by atoms with Crippen LogP contribution in [0.4, 0.5) is 0 Å². The standard InChI is InChI=1S/C17H28BrNO2/c1-3-5-11-19(12-6-4-2)13-15(20)14-21-17-10-8-7-9-16(17)18/h7-10,15,20H,3-6,11-14H2,1-2H3/p+1/t15-/m1/s1. The van der Waals surface area contributed by atoms with Crippen molar-refractivity contribution in [3.05, 3.63) is 28.7 Å². The second-order valence-electron chi connectivity index (χ2n) is 5.56. The Bertz CT molecular complexity index is 379. The van der Waals surface area contributed by atoms with Gasteiger partial charge in [0.1, 0.15) is 25.0 Å². The minimum Gasteiger partial charge on any atom is -0.489 e.